The number of carboxylic acids is 1. The van der Waals surface area contributed by atoms with Crippen LogP contribution in [0.15, 0.2) is 41.3 Å². The van der Waals surface area contributed by atoms with Crippen molar-refractivity contribution in [3.8, 4) is 0 Å². The van der Waals surface area contributed by atoms with Crippen LogP contribution in [0.5, 0.6) is 0 Å². The van der Waals surface area contributed by atoms with Gasteiger partial charge in [-0.25, -0.2) is 0 Å². The van der Waals surface area contributed by atoms with E-state index in [-0.39, 0.29) is 32.9 Å². The van der Waals surface area contributed by atoms with Gasteiger partial charge in [-0.3, -0.25) is 24.0 Å². The minimum absolute atomic E-state index is 0.0129. The lowest BCUT2D eigenvalue weighted by molar-refractivity contribution is -0.140. The molecule has 1 aliphatic rings. The average Bonchev–Trinajstić information content (AvgIpc) is 3.19. The summed E-state index contributed by atoms with van der Waals surface area (Å²) in [4.78, 5) is 35.5. The predicted octanol–water partition coefficient (Wildman–Crippen LogP) is 5.02. The van der Waals surface area contributed by atoms with Crippen molar-refractivity contribution in [1.82, 2.24) is 14.7 Å². The predicted molar refractivity (Wildman–Crippen MR) is 116 cm³/mol. The van der Waals surface area contributed by atoms with E-state index in [1.165, 1.54) is 36.4 Å². The maximum absolute atomic E-state index is 14.6. The van der Waals surface area contributed by atoms with Crippen molar-refractivity contribution >= 4 is 57.5 Å². The number of alkyl halides is 3. The minimum Gasteiger partial charge on any atom is -0.480 e. The third-order valence-electron chi connectivity index (χ3n) is 4.89. The van der Waals surface area contributed by atoms with Gasteiger partial charge in [0.1, 0.15) is 6.54 Å². The summed E-state index contributed by atoms with van der Waals surface area (Å²) in [6.45, 7) is -1.16. The fraction of sp³-hybridized carbons (Fsp3) is 0.143. The molecule has 1 saturated heterocycles. The number of carbonyl (C=O) groups excluding carboxylic acids is 2. The highest BCUT2D eigenvalue weighted by atomic mass is 35.5. The Morgan fingerprint density at radius 1 is 1.18 bits per heavy atom. The number of rotatable bonds is 5. The third-order valence-corrected chi connectivity index (χ3v) is 6.03. The van der Waals surface area contributed by atoms with Crippen LogP contribution in [0.2, 0.25) is 5.02 Å². The Labute approximate surface area is 197 Å². The van der Waals surface area contributed by atoms with E-state index in [1.54, 1.807) is 0 Å². The molecule has 0 atom stereocenters. The van der Waals surface area contributed by atoms with Crippen LogP contribution in [0.4, 0.5) is 22.4 Å². The Kier molecular flexibility index (Phi) is 6.13. The van der Waals surface area contributed by atoms with Crippen LogP contribution >= 0.6 is 23.4 Å². The zero-order chi connectivity index (χ0) is 24.8. The molecule has 2 heterocycles. The lowest BCUT2D eigenvalue weighted by Crippen LogP contribution is -2.33. The molecule has 1 aliphatic heterocycles. The number of benzene rings is 2. The molecule has 0 bridgehead atoms. The van der Waals surface area contributed by atoms with Crippen LogP contribution in [0.3, 0.4) is 0 Å². The number of amides is 2. The number of nitrogens with zero attached hydrogens (tertiary/aromatic N) is 3. The van der Waals surface area contributed by atoms with E-state index >= 15 is 0 Å². The normalized spacial score (nSPS) is 15.7. The number of imide groups is 1. The van der Waals surface area contributed by atoms with Gasteiger partial charge in [0.2, 0.25) is 5.95 Å². The van der Waals surface area contributed by atoms with E-state index in [0.29, 0.717) is 22.2 Å². The molecule has 0 spiro atoms. The lowest BCUT2D eigenvalue weighted by atomic mass is 10.1. The standard InChI is InChI=1S/C21H12ClF4N3O4S/c22-12-3-2-11(14(7-12)21(24,25)26)8-29-15-4-1-10(5-13(15)18(23)27-29)6-16-19(32)28(9-17(30)31)20(33)34-16/h1-7H,8-9H2,(H,30,31)/b16-6-. The summed E-state index contributed by atoms with van der Waals surface area (Å²) in [5.41, 5.74) is -0.596. The number of carboxylic acid groups (broad SMARTS) is 1. The summed E-state index contributed by atoms with van der Waals surface area (Å²) < 4.78 is 55.8. The molecule has 176 valence electrons. The molecule has 7 nitrogen and oxygen atoms in total. The molecule has 34 heavy (non-hydrogen) atoms. The number of fused-ring (bicyclic) bond motifs is 1. The third kappa shape index (κ3) is 4.64. The Hall–Kier alpha value is -3.38. The molecular formula is C21H12ClF4N3O4S. The fourth-order valence-electron chi connectivity index (χ4n) is 3.40. The van der Waals surface area contributed by atoms with Gasteiger partial charge in [0.05, 0.1) is 27.9 Å². The Balaban J connectivity index is 1.67. The first-order valence-corrected chi connectivity index (χ1v) is 10.6. The number of aliphatic carboxylic acids is 1. The Bertz CT molecular complexity index is 1390. The second-order valence-corrected chi connectivity index (χ2v) is 8.62. The number of carbonyl (C=O) groups is 3. The molecular weight excluding hydrogens is 502 g/mol. The maximum Gasteiger partial charge on any atom is 0.416 e. The van der Waals surface area contributed by atoms with Crippen molar-refractivity contribution in [1.29, 1.82) is 0 Å². The first kappa shape index (κ1) is 23.8. The minimum atomic E-state index is -4.67. The molecule has 0 radical (unpaired) electrons. The summed E-state index contributed by atoms with van der Waals surface area (Å²) in [5, 5.41) is 11.7. The van der Waals surface area contributed by atoms with E-state index in [0.717, 1.165) is 10.7 Å². The van der Waals surface area contributed by atoms with Gasteiger partial charge >= 0.3 is 12.1 Å². The molecule has 0 saturated carbocycles. The smallest absolute Gasteiger partial charge is 0.416 e. The van der Waals surface area contributed by atoms with E-state index in [4.69, 9.17) is 16.7 Å². The number of thioether (sulfide) groups is 1. The second kappa shape index (κ2) is 8.76. The zero-order valence-corrected chi connectivity index (χ0v) is 18.3. The molecule has 1 fully saturated rings. The second-order valence-electron chi connectivity index (χ2n) is 7.19. The molecule has 3 aromatic rings. The first-order valence-electron chi connectivity index (χ1n) is 9.43. The van der Waals surface area contributed by atoms with E-state index in [2.05, 4.69) is 5.10 Å². The maximum atomic E-state index is 14.6. The van der Waals surface area contributed by atoms with Crippen LogP contribution in [0.1, 0.15) is 16.7 Å². The van der Waals surface area contributed by atoms with Crippen LogP contribution in [-0.4, -0.2) is 43.4 Å². The van der Waals surface area contributed by atoms with Gasteiger partial charge < -0.3 is 5.11 Å². The summed E-state index contributed by atoms with van der Waals surface area (Å²) in [7, 11) is 0. The van der Waals surface area contributed by atoms with Crippen LogP contribution < -0.4 is 0 Å². The average molecular weight is 514 g/mol. The number of hydrogen-bond acceptors (Lipinski definition) is 5. The summed E-state index contributed by atoms with van der Waals surface area (Å²) >= 11 is 6.24. The fourth-order valence-corrected chi connectivity index (χ4v) is 4.41. The molecule has 13 heteroatoms. The highest BCUT2D eigenvalue weighted by Gasteiger charge is 2.36. The van der Waals surface area contributed by atoms with Crippen LogP contribution in [-0.2, 0) is 22.3 Å². The van der Waals surface area contributed by atoms with E-state index in [1.807, 2.05) is 0 Å². The number of aromatic nitrogens is 2. The molecule has 0 unspecified atom stereocenters. The molecule has 4 rings (SSSR count). The van der Waals surface area contributed by atoms with Gasteiger partial charge in [-0.05, 0) is 53.2 Å². The zero-order valence-electron chi connectivity index (χ0n) is 16.8. The SMILES string of the molecule is O=C(O)CN1C(=O)S/C(=C\c2ccc3c(c2)c(F)nn3Cc2ccc(Cl)cc2C(F)(F)F)C1=O. The Morgan fingerprint density at radius 2 is 1.91 bits per heavy atom. The summed E-state index contributed by atoms with van der Waals surface area (Å²) in [5.74, 6) is -3.09. The van der Waals surface area contributed by atoms with Crippen molar-refractivity contribution in [2.75, 3.05) is 6.54 Å². The van der Waals surface area contributed by atoms with Gasteiger partial charge in [0.15, 0.2) is 0 Å². The van der Waals surface area contributed by atoms with Gasteiger partial charge in [0, 0.05) is 5.02 Å². The molecule has 0 aliphatic carbocycles. The van der Waals surface area contributed by atoms with Crippen LogP contribution in [0, 0.1) is 5.95 Å². The molecule has 2 aromatic carbocycles. The van der Waals surface area contributed by atoms with Gasteiger partial charge in [-0.1, -0.05) is 23.7 Å². The topological polar surface area (TPSA) is 92.5 Å². The molecule has 1 aromatic heterocycles. The summed E-state index contributed by atoms with van der Waals surface area (Å²) in [6.07, 6.45) is -3.37. The quantitative estimate of drug-likeness (QED) is 0.380. The highest BCUT2D eigenvalue weighted by Crippen LogP contribution is 2.35. The van der Waals surface area contributed by atoms with Crippen molar-refractivity contribution < 1.29 is 37.1 Å². The van der Waals surface area contributed by atoms with Crippen molar-refractivity contribution in [2.45, 2.75) is 12.7 Å². The van der Waals surface area contributed by atoms with Crippen molar-refractivity contribution in [3.63, 3.8) is 0 Å². The molecule has 2 amide bonds. The largest absolute Gasteiger partial charge is 0.480 e. The first-order chi connectivity index (χ1) is 15.9. The monoisotopic (exact) mass is 513 g/mol. The molecule has 1 N–H and O–H groups in total. The van der Waals surface area contributed by atoms with E-state index < -0.39 is 41.3 Å². The number of hydrogen-bond donors (Lipinski definition) is 1. The van der Waals surface area contributed by atoms with Gasteiger partial charge in [-0.15, -0.1) is 5.10 Å². The van der Waals surface area contributed by atoms with Crippen molar-refractivity contribution in [2.24, 2.45) is 0 Å². The van der Waals surface area contributed by atoms with Gasteiger partial charge in [-0.2, -0.15) is 17.6 Å². The Morgan fingerprint density at radius 3 is 2.59 bits per heavy atom. The van der Waals surface area contributed by atoms with E-state index in [9.17, 15) is 31.9 Å². The lowest BCUT2D eigenvalue weighted by Gasteiger charge is -2.13. The van der Waals surface area contributed by atoms with Crippen LogP contribution in [0.25, 0.3) is 17.0 Å². The van der Waals surface area contributed by atoms with Gasteiger partial charge in [0.25, 0.3) is 11.1 Å². The highest BCUT2D eigenvalue weighted by molar-refractivity contribution is 8.18. The summed E-state index contributed by atoms with van der Waals surface area (Å²) in [6, 6.07) is 7.49. The number of halogens is 5. The van der Waals surface area contributed by atoms with Crippen molar-refractivity contribution in [3.05, 3.63) is 69.0 Å².